The molecule has 0 radical (unpaired) electrons. The van der Waals surface area contributed by atoms with Crippen molar-refractivity contribution >= 4 is 37.7 Å². The van der Waals surface area contributed by atoms with Crippen LogP contribution in [0.25, 0.3) is 17.2 Å². The van der Waals surface area contributed by atoms with Gasteiger partial charge in [-0.2, -0.15) is 0 Å². The minimum atomic E-state index is -3.49. The molecule has 3 aromatic rings. The summed E-state index contributed by atoms with van der Waals surface area (Å²) in [6, 6.07) is 3.93. The number of halogens is 2. The van der Waals surface area contributed by atoms with E-state index in [1.165, 1.54) is 18.2 Å². The maximum Gasteiger partial charge on any atom is 0.446 e. The molecule has 0 amide bonds. The van der Waals surface area contributed by atoms with E-state index in [1.807, 2.05) is 0 Å². The third-order valence-corrected chi connectivity index (χ3v) is 4.85. The summed E-state index contributed by atoms with van der Waals surface area (Å²) in [6.07, 6.45) is 1.42. The second-order valence-electron chi connectivity index (χ2n) is 6.09. The van der Waals surface area contributed by atoms with Gasteiger partial charge in [-0.1, -0.05) is 5.16 Å². The lowest BCUT2D eigenvalue weighted by Gasteiger charge is -2.06. The number of guanidine groups is 1. The molecule has 0 spiro atoms. The lowest BCUT2D eigenvalue weighted by molar-refractivity contribution is 0.309. The van der Waals surface area contributed by atoms with Crippen LogP contribution < -0.4 is 21.5 Å². The molecule has 2 heterocycles. The van der Waals surface area contributed by atoms with Gasteiger partial charge in [-0.15, -0.1) is 0 Å². The Kier molecular flexibility index (Phi) is 6.69. The number of rotatable bonds is 8. The number of benzene rings is 1. The standard InChI is InChI=1S/C15H16BrFN8O5S/c1-31(27,28)24-14(18)20-6-2-5-19-12-11(21-30-22-12)13-23-29-15(26)25(13)8-3-4-10(17)9(16)7-8/h3-4,7H,2,5-6H2,1H3,(H,19,22)(H3,18,20,24). The van der Waals surface area contributed by atoms with Crippen molar-refractivity contribution in [1.82, 2.24) is 24.8 Å². The summed E-state index contributed by atoms with van der Waals surface area (Å²) in [7, 11) is -3.49. The van der Waals surface area contributed by atoms with E-state index in [9.17, 15) is 17.6 Å². The van der Waals surface area contributed by atoms with Crippen molar-refractivity contribution in [2.24, 2.45) is 10.7 Å². The molecule has 0 unspecified atom stereocenters. The van der Waals surface area contributed by atoms with Gasteiger partial charge in [-0.25, -0.2) is 26.8 Å². The van der Waals surface area contributed by atoms with Crippen LogP contribution in [0.4, 0.5) is 10.2 Å². The van der Waals surface area contributed by atoms with E-state index in [2.05, 4.69) is 46.4 Å². The Morgan fingerprint density at radius 3 is 2.84 bits per heavy atom. The topological polar surface area (TPSA) is 184 Å². The lowest BCUT2D eigenvalue weighted by atomic mass is 10.3. The maximum absolute atomic E-state index is 13.5. The highest BCUT2D eigenvalue weighted by Crippen LogP contribution is 2.26. The van der Waals surface area contributed by atoms with Crippen molar-refractivity contribution in [2.45, 2.75) is 6.42 Å². The molecule has 0 aliphatic heterocycles. The number of aliphatic imine (C=N–C) groups is 1. The number of aromatic nitrogens is 4. The van der Waals surface area contributed by atoms with Gasteiger partial charge in [0.25, 0.3) is 0 Å². The minimum Gasteiger partial charge on any atom is -0.369 e. The summed E-state index contributed by atoms with van der Waals surface area (Å²) < 4.78 is 48.4. The molecule has 0 aliphatic carbocycles. The molecule has 16 heteroatoms. The second-order valence-corrected chi connectivity index (χ2v) is 8.69. The first-order valence-electron chi connectivity index (χ1n) is 8.54. The van der Waals surface area contributed by atoms with Gasteiger partial charge in [0.1, 0.15) is 5.82 Å². The fourth-order valence-corrected chi connectivity index (χ4v) is 3.22. The van der Waals surface area contributed by atoms with Crippen molar-refractivity contribution in [3.63, 3.8) is 0 Å². The molecule has 2 aromatic heterocycles. The zero-order chi connectivity index (χ0) is 22.6. The smallest absolute Gasteiger partial charge is 0.369 e. The van der Waals surface area contributed by atoms with Gasteiger partial charge >= 0.3 is 5.76 Å². The monoisotopic (exact) mass is 518 g/mol. The van der Waals surface area contributed by atoms with Crippen LogP contribution in [-0.4, -0.2) is 53.8 Å². The number of nitrogens with one attached hydrogen (secondary N) is 2. The van der Waals surface area contributed by atoms with Crippen LogP contribution in [0.3, 0.4) is 0 Å². The molecule has 0 fully saturated rings. The molecule has 166 valence electrons. The number of hydrogen-bond donors (Lipinski definition) is 3. The molecule has 0 saturated heterocycles. The summed E-state index contributed by atoms with van der Waals surface area (Å²) in [6.45, 7) is 0.557. The highest BCUT2D eigenvalue weighted by atomic mass is 79.9. The normalized spacial score (nSPS) is 12.2. The summed E-state index contributed by atoms with van der Waals surface area (Å²) in [5.74, 6) is -1.37. The zero-order valence-electron chi connectivity index (χ0n) is 15.9. The Morgan fingerprint density at radius 1 is 1.35 bits per heavy atom. The van der Waals surface area contributed by atoms with E-state index < -0.39 is 21.6 Å². The van der Waals surface area contributed by atoms with Gasteiger partial charge in [-0.3, -0.25) is 14.2 Å². The van der Waals surface area contributed by atoms with Crippen molar-refractivity contribution in [1.29, 1.82) is 0 Å². The van der Waals surface area contributed by atoms with Gasteiger partial charge < -0.3 is 11.1 Å². The van der Waals surface area contributed by atoms with Crippen LogP contribution in [0.1, 0.15) is 6.42 Å². The largest absolute Gasteiger partial charge is 0.446 e. The van der Waals surface area contributed by atoms with Crippen molar-refractivity contribution in [2.75, 3.05) is 24.7 Å². The van der Waals surface area contributed by atoms with Gasteiger partial charge in [0.15, 0.2) is 5.69 Å². The van der Waals surface area contributed by atoms with Crippen LogP contribution in [-0.2, 0) is 10.0 Å². The first kappa shape index (κ1) is 22.4. The van der Waals surface area contributed by atoms with Gasteiger partial charge in [-0.05, 0) is 50.9 Å². The average molecular weight is 519 g/mol. The molecule has 0 atom stereocenters. The number of nitrogens with zero attached hydrogens (tertiary/aromatic N) is 5. The van der Waals surface area contributed by atoms with E-state index in [-0.39, 0.29) is 40.0 Å². The Hall–Kier alpha value is -3.27. The van der Waals surface area contributed by atoms with E-state index in [0.29, 0.717) is 13.0 Å². The summed E-state index contributed by atoms with van der Waals surface area (Å²) in [5.41, 5.74) is 5.83. The maximum atomic E-state index is 13.5. The van der Waals surface area contributed by atoms with Crippen molar-refractivity contribution in [3.05, 3.63) is 39.0 Å². The molecule has 0 saturated carbocycles. The number of hydrogen-bond acceptors (Lipinski definition) is 10. The molecule has 4 N–H and O–H groups in total. The Balaban J connectivity index is 1.72. The van der Waals surface area contributed by atoms with E-state index in [1.54, 1.807) is 0 Å². The van der Waals surface area contributed by atoms with Crippen LogP contribution in [0.5, 0.6) is 0 Å². The quantitative estimate of drug-likeness (QED) is 0.214. The van der Waals surface area contributed by atoms with Crippen LogP contribution in [0.15, 0.2) is 41.6 Å². The number of anilines is 1. The first-order valence-corrected chi connectivity index (χ1v) is 11.2. The van der Waals surface area contributed by atoms with E-state index in [4.69, 9.17) is 14.9 Å². The van der Waals surface area contributed by atoms with E-state index in [0.717, 1.165) is 10.8 Å². The van der Waals surface area contributed by atoms with Crippen LogP contribution in [0.2, 0.25) is 0 Å². The van der Waals surface area contributed by atoms with Gasteiger partial charge in [0, 0.05) is 13.1 Å². The minimum absolute atomic E-state index is 0.00752. The molecule has 0 aliphatic rings. The Labute approximate surface area is 182 Å². The number of sulfonamides is 1. The third-order valence-electron chi connectivity index (χ3n) is 3.67. The van der Waals surface area contributed by atoms with Crippen molar-refractivity contribution in [3.8, 4) is 17.2 Å². The molecule has 31 heavy (non-hydrogen) atoms. The van der Waals surface area contributed by atoms with Gasteiger partial charge in [0.2, 0.25) is 27.6 Å². The molecule has 13 nitrogen and oxygen atoms in total. The molecular formula is C15H16BrFN8O5S. The molecular weight excluding hydrogens is 503 g/mol. The predicted octanol–water partition coefficient (Wildman–Crippen LogP) is 0.443. The molecule has 3 rings (SSSR count). The zero-order valence-corrected chi connectivity index (χ0v) is 18.3. The SMILES string of the molecule is CS(=O)(=O)NC(N)=NCCCNc1nonc1-c1noc(=O)n1-c1ccc(F)c(Br)c1. The van der Waals surface area contributed by atoms with Gasteiger partial charge in [0.05, 0.1) is 16.4 Å². The van der Waals surface area contributed by atoms with Crippen LogP contribution >= 0.6 is 15.9 Å². The van der Waals surface area contributed by atoms with Crippen molar-refractivity contribution < 1.29 is 22.0 Å². The summed E-state index contributed by atoms with van der Waals surface area (Å²) in [5, 5.41) is 14.1. The fraction of sp³-hybridized carbons (Fsp3) is 0.267. The Bertz CT molecular complexity index is 1270. The average Bonchev–Trinajstić information content (AvgIpc) is 3.28. The number of nitrogens with two attached hydrogens (primary N) is 1. The summed E-state index contributed by atoms with van der Waals surface area (Å²) >= 11 is 3.06. The Morgan fingerprint density at radius 2 is 2.13 bits per heavy atom. The first-order chi connectivity index (χ1) is 14.7. The second kappa shape index (κ2) is 9.25. The summed E-state index contributed by atoms with van der Waals surface area (Å²) in [4.78, 5) is 16.0. The predicted molar refractivity (Wildman–Crippen MR) is 111 cm³/mol. The lowest BCUT2D eigenvalue weighted by Crippen LogP contribution is -2.36. The van der Waals surface area contributed by atoms with E-state index >= 15 is 0 Å². The molecule has 1 aromatic carbocycles. The molecule has 0 bridgehead atoms. The highest BCUT2D eigenvalue weighted by Gasteiger charge is 2.23. The fourth-order valence-electron chi connectivity index (χ4n) is 2.41. The third kappa shape index (κ3) is 5.66. The van der Waals surface area contributed by atoms with Crippen LogP contribution in [0, 0.1) is 5.82 Å². The highest BCUT2D eigenvalue weighted by molar-refractivity contribution is 9.10.